The van der Waals surface area contributed by atoms with E-state index in [1.807, 2.05) is 44.2 Å². The molecule has 0 saturated carbocycles. The largest absolute Gasteiger partial charge is 0.449 e. The summed E-state index contributed by atoms with van der Waals surface area (Å²) in [5.41, 5.74) is 6.97. The van der Waals surface area contributed by atoms with Crippen molar-refractivity contribution in [2.24, 2.45) is 16.1 Å². The number of nitrogen functional groups attached to an aromatic ring is 1. The molecule has 2 aromatic rings. The molecule has 0 spiro atoms. The summed E-state index contributed by atoms with van der Waals surface area (Å²) in [6.07, 6.45) is -0.565. The second-order valence-electron chi connectivity index (χ2n) is 5.25. The Bertz CT molecular complexity index is 686. The Morgan fingerprint density at radius 2 is 1.96 bits per heavy atom. The molecule has 0 bridgehead atoms. The fourth-order valence-electron chi connectivity index (χ4n) is 1.61. The number of ether oxygens (including phenoxy) is 1. The summed E-state index contributed by atoms with van der Waals surface area (Å²) in [7, 11) is 0. The highest BCUT2D eigenvalue weighted by atomic mass is 16.5. The van der Waals surface area contributed by atoms with Gasteiger partial charge in [-0.25, -0.2) is 9.78 Å². The van der Waals surface area contributed by atoms with E-state index in [0.29, 0.717) is 23.8 Å². The Balaban J connectivity index is 2.00. The fraction of sp³-hybridized carbons (Fsp3) is 0.250. The summed E-state index contributed by atoms with van der Waals surface area (Å²) in [6, 6.07) is 12.5. The van der Waals surface area contributed by atoms with E-state index in [-0.39, 0.29) is 11.7 Å². The van der Waals surface area contributed by atoms with Crippen LogP contribution in [0.2, 0.25) is 0 Å². The number of amides is 1. The van der Waals surface area contributed by atoms with Gasteiger partial charge in [-0.3, -0.25) is 5.32 Å². The number of pyridine rings is 1. The van der Waals surface area contributed by atoms with Crippen LogP contribution in [0.25, 0.3) is 0 Å². The second-order valence-corrected chi connectivity index (χ2v) is 5.25. The maximum absolute atomic E-state index is 11.6. The zero-order valence-corrected chi connectivity index (χ0v) is 13.1. The van der Waals surface area contributed by atoms with Crippen molar-refractivity contribution < 1.29 is 9.53 Å². The smallest absolute Gasteiger partial charge is 0.412 e. The summed E-state index contributed by atoms with van der Waals surface area (Å²) in [4.78, 5) is 15.6. The average Bonchev–Trinajstić information content (AvgIpc) is 2.53. The Hall–Kier alpha value is -2.96. The lowest BCUT2D eigenvalue weighted by atomic mass is 10.2. The minimum Gasteiger partial charge on any atom is -0.449 e. The van der Waals surface area contributed by atoms with E-state index in [1.165, 1.54) is 0 Å². The van der Waals surface area contributed by atoms with E-state index >= 15 is 0 Å². The number of aromatic nitrogens is 1. The van der Waals surface area contributed by atoms with E-state index in [4.69, 9.17) is 10.5 Å². The van der Waals surface area contributed by atoms with Gasteiger partial charge in [-0.1, -0.05) is 32.0 Å². The molecule has 1 aromatic heterocycles. The molecule has 0 fully saturated rings. The molecule has 1 aromatic carbocycles. The zero-order chi connectivity index (χ0) is 16.7. The lowest BCUT2D eigenvalue weighted by molar-refractivity contribution is 0.147. The molecule has 120 valence electrons. The van der Waals surface area contributed by atoms with Crippen LogP contribution < -0.4 is 11.1 Å². The first-order valence-corrected chi connectivity index (χ1v) is 7.21. The van der Waals surface area contributed by atoms with Crippen LogP contribution in [0.1, 0.15) is 13.8 Å². The Kier molecular flexibility index (Phi) is 5.62. The summed E-state index contributed by atoms with van der Waals surface area (Å²) < 4.78 is 5.01. The van der Waals surface area contributed by atoms with Gasteiger partial charge in [0.15, 0.2) is 5.82 Å². The number of benzene rings is 1. The van der Waals surface area contributed by atoms with Crippen molar-refractivity contribution in [3.8, 4) is 0 Å². The fourth-order valence-corrected chi connectivity index (χ4v) is 1.61. The first-order chi connectivity index (χ1) is 11.0. The minimum atomic E-state index is -0.565. The lowest BCUT2D eigenvalue weighted by Gasteiger charge is -2.08. The third-order valence-corrected chi connectivity index (χ3v) is 2.71. The number of nitrogens with zero attached hydrogens (tertiary/aromatic N) is 3. The van der Waals surface area contributed by atoms with Crippen LogP contribution in [0, 0.1) is 5.92 Å². The quantitative estimate of drug-likeness (QED) is 0.804. The Morgan fingerprint density at radius 3 is 2.61 bits per heavy atom. The van der Waals surface area contributed by atoms with Gasteiger partial charge in [-0.05, 0) is 30.2 Å². The zero-order valence-electron chi connectivity index (χ0n) is 13.1. The molecule has 2 rings (SSSR count). The molecule has 3 N–H and O–H groups in total. The van der Waals surface area contributed by atoms with Gasteiger partial charge in [0, 0.05) is 0 Å². The lowest BCUT2D eigenvalue weighted by Crippen LogP contribution is -2.17. The van der Waals surface area contributed by atoms with Crippen molar-refractivity contribution in [3.63, 3.8) is 0 Å². The van der Waals surface area contributed by atoms with Gasteiger partial charge in [0.05, 0.1) is 12.3 Å². The molecule has 1 amide bonds. The van der Waals surface area contributed by atoms with E-state index < -0.39 is 6.09 Å². The van der Waals surface area contributed by atoms with E-state index in [1.54, 1.807) is 12.1 Å². The van der Waals surface area contributed by atoms with Crippen molar-refractivity contribution >= 4 is 29.1 Å². The van der Waals surface area contributed by atoms with Gasteiger partial charge in [-0.15, -0.1) is 5.11 Å². The molecule has 0 saturated heterocycles. The number of azo groups is 1. The average molecular weight is 313 g/mol. The highest BCUT2D eigenvalue weighted by Crippen LogP contribution is 2.24. The van der Waals surface area contributed by atoms with Crippen molar-refractivity contribution in [3.05, 3.63) is 42.5 Å². The van der Waals surface area contributed by atoms with Crippen LogP contribution >= 0.6 is 0 Å². The van der Waals surface area contributed by atoms with E-state index in [9.17, 15) is 4.79 Å². The monoisotopic (exact) mass is 313 g/mol. The number of hydrogen-bond donors (Lipinski definition) is 2. The molecule has 0 unspecified atom stereocenters. The molecule has 0 radical (unpaired) electrons. The van der Waals surface area contributed by atoms with Gasteiger partial charge in [0.25, 0.3) is 0 Å². The van der Waals surface area contributed by atoms with Crippen molar-refractivity contribution in [1.29, 1.82) is 0 Å². The predicted octanol–water partition coefficient (Wildman–Crippen LogP) is 4.28. The number of nitrogens with two attached hydrogens (primary N) is 1. The van der Waals surface area contributed by atoms with Crippen molar-refractivity contribution in [2.75, 3.05) is 17.7 Å². The van der Waals surface area contributed by atoms with Gasteiger partial charge in [-0.2, -0.15) is 5.11 Å². The minimum absolute atomic E-state index is 0.173. The molecule has 7 nitrogen and oxygen atoms in total. The molecule has 7 heteroatoms. The van der Waals surface area contributed by atoms with Crippen LogP contribution in [0.4, 0.5) is 27.8 Å². The summed E-state index contributed by atoms with van der Waals surface area (Å²) in [5, 5.41) is 10.6. The molecular formula is C16H19N5O2. The predicted molar refractivity (Wildman–Crippen MR) is 89.1 cm³/mol. The Morgan fingerprint density at radius 1 is 1.22 bits per heavy atom. The maximum Gasteiger partial charge on any atom is 0.412 e. The van der Waals surface area contributed by atoms with Gasteiger partial charge >= 0.3 is 6.09 Å². The number of carbonyl (C=O) groups is 1. The third kappa shape index (κ3) is 5.39. The molecule has 0 atom stereocenters. The summed E-state index contributed by atoms with van der Waals surface area (Å²) >= 11 is 0. The highest BCUT2D eigenvalue weighted by Gasteiger charge is 2.07. The normalized spacial score (nSPS) is 10.9. The molecule has 0 aliphatic carbocycles. The number of carbonyl (C=O) groups excluding carboxylic acids is 1. The van der Waals surface area contributed by atoms with Crippen molar-refractivity contribution in [2.45, 2.75) is 13.8 Å². The van der Waals surface area contributed by atoms with Crippen LogP contribution in [-0.4, -0.2) is 17.7 Å². The first-order valence-electron chi connectivity index (χ1n) is 7.21. The second kappa shape index (κ2) is 7.88. The molecule has 1 heterocycles. The number of rotatable bonds is 5. The molecule has 0 aliphatic heterocycles. The molecule has 0 aliphatic rings. The number of anilines is 2. The number of nitrogens with one attached hydrogen (secondary N) is 1. The van der Waals surface area contributed by atoms with Crippen LogP contribution in [0.15, 0.2) is 52.7 Å². The highest BCUT2D eigenvalue weighted by molar-refractivity contribution is 5.84. The van der Waals surface area contributed by atoms with Gasteiger partial charge in [0.1, 0.15) is 11.5 Å². The first kappa shape index (κ1) is 16.4. The van der Waals surface area contributed by atoms with Crippen LogP contribution in [0.5, 0.6) is 0 Å². The van der Waals surface area contributed by atoms with Crippen LogP contribution in [0.3, 0.4) is 0 Å². The van der Waals surface area contributed by atoms with Gasteiger partial charge in [0.2, 0.25) is 0 Å². The van der Waals surface area contributed by atoms with Crippen LogP contribution in [-0.2, 0) is 4.74 Å². The number of hydrogen-bond acceptors (Lipinski definition) is 6. The van der Waals surface area contributed by atoms with Crippen molar-refractivity contribution in [1.82, 2.24) is 4.98 Å². The molecule has 23 heavy (non-hydrogen) atoms. The molecular weight excluding hydrogens is 294 g/mol. The topological polar surface area (TPSA) is 102 Å². The standard InChI is InChI=1S/C16H19N5O2/c1-11(2)10-23-16(22)19-14-9-8-13(15(17)18-14)21-20-12-6-4-3-5-7-12/h3-9,11H,10H2,1-2H3,(H3,17,18,19,22). The Labute approximate surface area is 134 Å². The van der Waals surface area contributed by atoms with Gasteiger partial charge < -0.3 is 10.5 Å². The third-order valence-electron chi connectivity index (χ3n) is 2.71. The maximum atomic E-state index is 11.6. The van der Waals surface area contributed by atoms with E-state index in [0.717, 1.165) is 0 Å². The SMILES string of the molecule is CC(C)COC(=O)Nc1ccc(N=Nc2ccccc2)c(N)n1. The summed E-state index contributed by atoms with van der Waals surface area (Å²) in [5.74, 6) is 0.737. The summed E-state index contributed by atoms with van der Waals surface area (Å²) in [6.45, 7) is 4.25. The van der Waals surface area contributed by atoms with E-state index in [2.05, 4.69) is 20.5 Å².